The molecule has 3 atom stereocenters. The van der Waals surface area contributed by atoms with Gasteiger partial charge in [-0.25, -0.2) is 9.98 Å². The van der Waals surface area contributed by atoms with Gasteiger partial charge in [0.1, 0.15) is 12.0 Å². The van der Waals surface area contributed by atoms with E-state index in [2.05, 4.69) is 126 Å². The Balaban J connectivity index is 1.22. The maximum absolute atomic E-state index is 9.53. The van der Waals surface area contributed by atoms with Crippen molar-refractivity contribution >= 4 is 17.4 Å². The highest BCUT2D eigenvalue weighted by atomic mass is 15.2. The van der Waals surface area contributed by atoms with Crippen molar-refractivity contribution in [1.82, 2.24) is 15.2 Å². The van der Waals surface area contributed by atoms with Crippen molar-refractivity contribution in [2.45, 2.75) is 19.0 Å². The lowest BCUT2D eigenvalue weighted by atomic mass is 9.81. The van der Waals surface area contributed by atoms with Crippen LogP contribution in [0.15, 0.2) is 143 Å². The summed E-state index contributed by atoms with van der Waals surface area (Å²) in [4.78, 5) is 16.9. The molecule has 0 radical (unpaired) electrons. The summed E-state index contributed by atoms with van der Waals surface area (Å²) < 4.78 is 0. The Hall–Kier alpha value is -6.31. The van der Waals surface area contributed by atoms with Gasteiger partial charge in [-0.05, 0) is 59.0 Å². The zero-order valence-electron chi connectivity index (χ0n) is 26.7. The van der Waals surface area contributed by atoms with Crippen molar-refractivity contribution < 1.29 is 0 Å². The van der Waals surface area contributed by atoms with Crippen LogP contribution < -0.4 is 5.32 Å². The van der Waals surface area contributed by atoms with Gasteiger partial charge in [-0.15, -0.1) is 0 Å². The average Bonchev–Trinajstić information content (AvgIpc) is 3.15. The molecule has 3 heterocycles. The van der Waals surface area contributed by atoms with Crippen LogP contribution in [0.1, 0.15) is 52.4 Å². The van der Waals surface area contributed by atoms with Crippen molar-refractivity contribution in [3.8, 4) is 23.4 Å². The number of nitriles is 2. The Morgan fingerprint density at radius 1 is 0.854 bits per heavy atom. The van der Waals surface area contributed by atoms with Crippen LogP contribution in [0.25, 0.3) is 17.0 Å². The SMILES string of the molecule is CC1C=C(C2=NC(c3ccc(-c4ccccn4)cc3)NC(c3ccc(C4=CC=CCN4C)cc3)=N2)C=CC1c1cc(C#N)cc(C#N)c1. The van der Waals surface area contributed by atoms with E-state index in [1.807, 2.05) is 30.3 Å². The van der Waals surface area contributed by atoms with Crippen molar-refractivity contribution in [2.24, 2.45) is 15.9 Å². The zero-order chi connectivity index (χ0) is 33.0. The van der Waals surface area contributed by atoms with E-state index in [-0.39, 0.29) is 18.0 Å². The summed E-state index contributed by atoms with van der Waals surface area (Å²) in [6, 6.07) is 32.5. The molecule has 3 aliphatic rings. The molecule has 3 unspecified atom stereocenters. The molecule has 7 heteroatoms. The number of hydrogen-bond donors (Lipinski definition) is 1. The van der Waals surface area contributed by atoms with E-state index in [9.17, 15) is 10.5 Å². The Labute approximate surface area is 281 Å². The highest BCUT2D eigenvalue weighted by Crippen LogP contribution is 2.35. The van der Waals surface area contributed by atoms with Crippen LogP contribution in [-0.4, -0.2) is 35.1 Å². The van der Waals surface area contributed by atoms with E-state index in [1.165, 1.54) is 5.70 Å². The molecule has 1 aliphatic carbocycles. The fraction of sp³-hybridized carbons (Fsp3) is 0.146. The largest absolute Gasteiger partial charge is 0.370 e. The molecule has 7 nitrogen and oxygen atoms in total. The van der Waals surface area contributed by atoms with Gasteiger partial charge in [0.15, 0.2) is 5.84 Å². The van der Waals surface area contributed by atoms with Crippen LogP contribution in [0, 0.1) is 28.6 Å². The minimum Gasteiger partial charge on any atom is -0.370 e. The van der Waals surface area contributed by atoms with Gasteiger partial charge in [-0.1, -0.05) is 91.9 Å². The molecular weight excluding hydrogens is 591 g/mol. The van der Waals surface area contributed by atoms with E-state index >= 15 is 0 Å². The minimum absolute atomic E-state index is 0.0180. The highest BCUT2D eigenvalue weighted by molar-refractivity contribution is 6.14. The zero-order valence-corrected chi connectivity index (χ0v) is 26.7. The van der Waals surface area contributed by atoms with Gasteiger partial charge in [-0.2, -0.15) is 10.5 Å². The fourth-order valence-electron chi connectivity index (χ4n) is 6.35. The van der Waals surface area contributed by atoms with Crippen LogP contribution in [0.2, 0.25) is 0 Å². The lowest BCUT2D eigenvalue weighted by Crippen LogP contribution is -2.34. The molecule has 3 aromatic carbocycles. The molecule has 0 bridgehead atoms. The van der Waals surface area contributed by atoms with Gasteiger partial charge in [0.25, 0.3) is 0 Å². The lowest BCUT2D eigenvalue weighted by Gasteiger charge is -2.27. The predicted octanol–water partition coefficient (Wildman–Crippen LogP) is 7.70. The van der Waals surface area contributed by atoms with E-state index in [0.717, 1.165) is 51.5 Å². The highest BCUT2D eigenvalue weighted by Gasteiger charge is 2.26. The predicted molar refractivity (Wildman–Crippen MR) is 191 cm³/mol. The number of benzene rings is 3. The van der Waals surface area contributed by atoms with Crippen LogP contribution in [-0.2, 0) is 0 Å². The van der Waals surface area contributed by atoms with Crippen molar-refractivity contribution in [1.29, 1.82) is 10.5 Å². The van der Waals surface area contributed by atoms with Gasteiger partial charge in [0, 0.05) is 48.1 Å². The number of rotatable bonds is 6. The van der Waals surface area contributed by atoms with Crippen LogP contribution in [0.4, 0.5) is 0 Å². The van der Waals surface area contributed by atoms with Gasteiger partial charge in [0.2, 0.25) is 0 Å². The lowest BCUT2D eigenvalue weighted by molar-refractivity contribution is 0.531. The number of amidine groups is 2. The Morgan fingerprint density at radius 3 is 2.25 bits per heavy atom. The molecule has 0 saturated carbocycles. The normalized spacial score (nSPS) is 20.0. The first-order valence-corrected chi connectivity index (χ1v) is 16.0. The first kappa shape index (κ1) is 30.3. The minimum atomic E-state index is -0.352. The number of pyridine rings is 1. The van der Waals surface area contributed by atoms with Crippen LogP contribution in [0.3, 0.4) is 0 Å². The van der Waals surface area contributed by atoms with Crippen molar-refractivity contribution in [3.05, 3.63) is 167 Å². The van der Waals surface area contributed by atoms with Crippen LogP contribution >= 0.6 is 0 Å². The number of hydrogen-bond acceptors (Lipinski definition) is 7. The van der Waals surface area contributed by atoms with Gasteiger partial charge in [0.05, 0.1) is 29.0 Å². The maximum atomic E-state index is 9.53. The van der Waals surface area contributed by atoms with E-state index in [4.69, 9.17) is 9.98 Å². The molecule has 0 fully saturated rings. The summed E-state index contributed by atoms with van der Waals surface area (Å²) in [6.45, 7) is 3.03. The molecule has 0 spiro atoms. The first-order chi connectivity index (χ1) is 23.5. The topological polar surface area (TPSA) is 100 Å². The number of likely N-dealkylation sites (N-methyl/N-ethyl adjacent to an activating group) is 1. The smallest absolute Gasteiger partial charge is 0.159 e. The van der Waals surface area contributed by atoms with Gasteiger partial charge in [-0.3, -0.25) is 4.98 Å². The van der Waals surface area contributed by atoms with Gasteiger partial charge >= 0.3 is 0 Å². The molecule has 232 valence electrons. The third kappa shape index (κ3) is 6.23. The number of nitrogens with one attached hydrogen (secondary N) is 1. The number of aliphatic imine (C=N–C) groups is 2. The standard InChI is InChI=1S/C41H33N7/c1-27-21-34(17-18-36(27)35-23-28(25-42)22-29(24-35)26-43)41-46-39(32-13-9-30(10-14-32)37-7-3-5-19-44-37)45-40(47-41)33-15-11-31(12-16-33)38-8-4-6-20-48(38)2/h3-19,21-24,27,36,39H,20H2,1-2H3,(H,45,46,47). The van der Waals surface area contributed by atoms with Crippen LogP contribution in [0.5, 0.6) is 0 Å². The molecule has 48 heavy (non-hydrogen) atoms. The first-order valence-electron chi connectivity index (χ1n) is 16.0. The summed E-state index contributed by atoms with van der Waals surface area (Å²) in [5.41, 5.74) is 9.13. The third-order valence-corrected chi connectivity index (χ3v) is 8.91. The molecule has 0 amide bonds. The molecule has 4 aromatic rings. The third-order valence-electron chi connectivity index (χ3n) is 8.91. The van der Waals surface area contributed by atoms with E-state index in [1.54, 1.807) is 12.3 Å². The van der Waals surface area contributed by atoms with E-state index in [0.29, 0.717) is 17.0 Å². The molecular formula is C41H33N7. The molecule has 1 N–H and O–H groups in total. The van der Waals surface area contributed by atoms with Gasteiger partial charge < -0.3 is 10.2 Å². The second-order valence-electron chi connectivity index (χ2n) is 12.2. The Bertz CT molecular complexity index is 2090. The molecule has 7 rings (SSSR count). The summed E-state index contributed by atoms with van der Waals surface area (Å²) in [5.74, 6) is 1.51. The molecule has 0 saturated heterocycles. The summed E-state index contributed by atoms with van der Waals surface area (Å²) in [7, 11) is 2.10. The second kappa shape index (κ2) is 13.2. The second-order valence-corrected chi connectivity index (χ2v) is 12.2. The summed E-state index contributed by atoms with van der Waals surface area (Å²) >= 11 is 0. The fourth-order valence-corrected chi connectivity index (χ4v) is 6.35. The number of nitrogens with zero attached hydrogens (tertiary/aromatic N) is 6. The van der Waals surface area contributed by atoms with E-state index < -0.39 is 0 Å². The number of aromatic nitrogens is 1. The quantitative estimate of drug-likeness (QED) is 0.237. The summed E-state index contributed by atoms with van der Waals surface area (Å²) in [6.07, 6.45) is 14.2. The summed E-state index contributed by atoms with van der Waals surface area (Å²) in [5, 5.41) is 22.6. The molecule has 1 aromatic heterocycles. The Kier molecular flexibility index (Phi) is 8.34. The average molecular weight is 624 g/mol. The van der Waals surface area contributed by atoms with Crippen molar-refractivity contribution in [2.75, 3.05) is 13.6 Å². The monoisotopic (exact) mass is 623 g/mol. The van der Waals surface area contributed by atoms with Crippen molar-refractivity contribution in [3.63, 3.8) is 0 Å². The maximum Gasteiger partial charge on any atom is 0.159 e. The number of allylic oxidation sites excluding steroid dienone is 4. The molecule has 2 aliphatic heterocycles. The Morgan fingerprint density at radius 2 is 1.58 bits per heavy atom.